The van der Waals surface area contributed by atoms with Crippen LogP contribution in [0, 0.1) is 0 Å². The minimum atomic E-state index is -4.05. The maximum absolute atomic E-state index is 12.6. The lowest BCUT2D eigenvalue weighted by Gasteiger charge is -2.55. The van der Waals surface area contributed by atoms with Gasteiger partial charge in [-0.25, -0.2) is 0 Å². The van der Waals surface area contributed by atoms with Crippen molar-refractivity contribution in [2.24, 2.45) is 0 Å². The Labute approximate surface area is 137 Å². The van der Waals surface area contributed by atoms with Gasteiger partial charge in [0.25, 0.3) is 0 Å². The standard InChI is InChI=1S/C14H27F3O2Si2.CH4/c1-21(11-8-14(15,16)17)13(7-3-5-10-19-13)12(20)6-2-4-9-18-12;/h21H,2-11H2,1,20H3;1H4. The Bertz CT molecular complexity index is 338. The van der Waals surface area contributed by atoms with Crippen LogP contribution in [0.2, 0.25) is 12.6 Å². The average molecular weight is 357 g/mol. The molecule has 0 bridgehead atoms. The maximum atomic E-state index is 12.6. The van der Waals surface area contributed by atoms with Crippen molar-refractivity contribution in [2.75, 3.05) is 13.2 Å². The molecule has 132 valence electrons. The molecule has 2 rings (SSSR count). The van der Waals surface area contributed by atoms with E-state index < -0.39 is 21.4 Å². The Kier molecular flexibility index (Phi) is 7.17. The van der Waals surface area contributed by atoms with Crippen molar-refractivity contribution in [3.63, 3.8) is 0 Å². The van der Waals surface area contributed by atoms with E-state index in [2.05, 4.69) is 6.55 Å². The van der Waals surface area contributed by atoms with E-state index in [0.717, 1.165) is 55.4 Å². The summed E-state index contributed by atoms with van der Waals surface area (Å²) in [6.07, 6.45) is 1.44. The van der Waals surface area contributed by atoms with Gasteiger partial charge in [-0.15, -0.1) is 0 Å². The van der Waals surface area contributed by atoms with Crippen LogP contribution in [-0.4, -0.2) is 48.9 Å². The van der Waals surface area contributed by atoms with E-state index in [1.54, 1.807) is 0 Å². The van der Waals surface area contributed by atoms with Crippen LogP contribution in [-0.2, 0) is 9.47 Å². The molecule has 2 aliphatic rings. The Morgan fingerprint density at radius 2 is 1.64 bits per heavy atom. The maximum Gasteiger partial charge on any atom is 0.388 e. The molecule has 0 amide bonds. The van der Waals surface area contributed by atoms with Crippen molar-refractivity contribution in [3.05, 3.63) is 0 Å². The summed E-state index contributed by atoms with van der Waals surface area (Å²) in [4.78, 5) is 0. The van der Waals surface area contributed by atoms with E-state index in [1.165, 1.54) is 0 Å². The third-order valence-corrected chi connectivity index (χ3v) is 11.3. The van der Waals surface area contributed by atoms with Gasteiger partial charge in [0, 0.05) is 29.9 Å². The molecule has 0 aliphatic carbocycles. The van der Waals surface area contributed by atoms with Crippen LogP contribution in [0.1, 0.15) is 52.4 Å². The molecular formula is C15H31F3O2Si2. The molecule has 0 aromatic heterocycles. The molecule has 2 saturated heterocycles. The summed E-state index contributed by atoms with van der Waals surface area (Å²) in [6.45, 7) is 3.50. The van der Waals surface area contributed by atoms with E-state index in [0.29, 0.717) is 6.61 Å². The van der Waals surface area contributed by atoms with Gasteiger partial charge in [0.2, 0.25) is 0 Å². The summed E-state index contributed by atoms with van der Waals surface area (Å²) in [5.74, 6) is 0. The smallest absolute Gasteiger partial charge is 0.377 e. The molecule has 22 heavy (non-hydrogen) atoms. The molecule has 0 saturated carbocycles. The zero-order valence-electron chi connectivity index (χ0n) is 13.1. The number of ether oxygens (including phenoxy) is 2. The molecule has 0 radical (unpaired) electrons. The van der Waals surface area contributed by atoms with Gasteiger partial charge in [0.15, 0.2) is 0 Å². The monoisotopic (exact) mass is 356 g/mol. The van der Waals surface area contributed by atoms with Crippen LogP contribution in [0.25, 0.3) is 0 Å². The van der Waals surface area contributed by atoms with E-state index in [4.69, 9.17) is 9.47 Å². The quantitative estimate of drug-likeness (QED) is 0.721. The molecular weight excluding hydrogens is 325 g/mol. The van der Waals surface area contributed by atoms with Crippen LogP contribution in [0.5, 0.6) is 0 Å². The molecule has 3 atom stereocenters. The summed E-state index contributed by atoms with van der Waals surface area (Å²) in [5.41, 5.74) is 0. The Morgan fingerprint density at radius 3 is 2.09 bits per heavy atom. The van der Waals surface area contributed by atoms with Crippen molar-refractivity contribution in [1.82, 2.24) is 0 Å². The van der Waals surface area contributed by atoms with Gasteiger partial charge >= 0.3 is 6.18 Å². The minimum absolute atomic E-state index is 0. The summed E-state index contributed by atoms with van der Waals surface area (Å²) in [6, 6.07) is 0.275. The topological polar surface area (TPSA) is 18.5 Å². The summed E-state index contributed by atoms with van der Waals surface area (Å²) in [7, 11) is -0.847. The molecule has 2 nitrogen and oxygen atoms in total. The second-order valence-corrected chi connectivity index (χ2v) is 11.7. The van der Waals surface area contributed by atoms with Gasteiger partial charge in [0.05, 0.1) is 19.2 Å². The third kappa shape index (κ3) is 4.36. The number of hydrogen-bond donors (Lipinski definition) is 0. The lowest BCUT2D eigenvalue weighted by atomic mass is 9.96. The van der Waals surface area contributed by atoms with Crippen LogP contribution >= 0.6 is 0 Å². The van der Waals surface area contributed by atoms with Crippen LogP contribution < -0.4 is 0 Å². The Hall–Kier alpha value is 0.144. The molecule has 0 N–H and O–H groups in total. The second kappa shape index (κ2) is 7.81. The van der Waals surface area contributed by atoms with E-state index in [-0.39, 0.29) is 23.9 Å². The summed E-state index contributed by atoms with van der Waals surface area (Å²) in [5, 5.41) is -0.605. The molecule has 7 heteroatoms. The number of rotatable bonds is 4. The fourth-order valence-electron chi connectivity index (χ4n) is 4.02. The predicted molar refractivity (Wildman–Crippen MR) is 90.2 cm³/mol. The fraction of sp³-hybridized carbons (Fsp3) is 1.00. The molecule has 0 aromatic rings. The van der Waals surface area contributed by atoms with Gasteiger partial charge in [-0.2, -0.15) is 13.2 Å². The van der Waals surface area contributed by atoms with Crippen molar-refractivity contribution in [1.29, 1.82) is 0 Å². The number of hydrogen-bond acceptors (Lipinski definition) is 2. The largest absolute Gasteiger partial charge is 0.388 e. The first-order chi connectivity index (χ1) is 9.79. The second-order valence-electron chi connectivity index (χ2n) is 6.79. The first-order valence-electron chi connectivity index (χ1n) is 8.14. The van der Waals surface area contributed by atoms with Crippen molar-refractivity contribution in [2.45, 2.75) is 81.6 Å². The van der Waals surface area contributed by atoms with Gasteiger partial charge < -0.3 is 9.47 Å². The highest BCUT2D eigenvalue weighted by atomic mass is 28.3. The summed E-state index contributed by atoms with van der Waals surface area (Å²) < 4.78 is 50.2. The number of alkyl halides is 3. The summed E-state index contributed by atoms with van der Waals surface area (Å²) >= 11 is 0. The van der Waals surface area contributed by atoms with E-state index in [9.17, 15) is 13.2 Å². The van der Waals surface area contributed by atoms with Gasteiger partial charge in [-0.1, -0.05) is 14.0 Å². The van der Waals surface area contributed by atoms with Crippen LogP contribution in [0.15, 0.2) is 0 Å². The van der Waals surface area contributed by atoms with E-state index in [1.807, 2.05) is 0 Å². The SMILES string of the molecule is C.C[SiH](CCC(F)(F)F)C1(C2([SiH3])CCCCO2)CCCCO1. The lowest BCUT2D eigenvalue weighted by molar-refractivity contribution is -0.162. The molecule has 0 spiro atoms. The average Bonchev–Trinajstić information content (AvgIpc) is 2.45. The molecule has 2 fully saturated rings. The normalized spacial score (nSPS) is 34.9. The molecule has 2 heterocycles. The molecule has 2 aliphatic heterocycles. The van der Waals surface area contributed by atoms with Crippen molar-refractivity contribution >= 4 is 19.0 Å². The van der Waals surface area contributed by atoms with Crippen molar-refractivity contribution in [3.8, 4) is 0 Å². The van der Waals surface area contributed by atoms with E-state index >= 15 is 0 Å². The third-order valence-electron chi connectivity index (χ3n) is 5.32. The van der Waals surface area contributed by atoms with Gasteiger partial charge in [0.1, 0.15) is 0 Å². The fourth-order valence-corrected chi connectivity index (χ4v) is 10.1. The first-order valence-corrected chi connectivity index (χ1v) is 11.7. The lowest BCUT2D eigenvalue weighted by Crippen LogP contribution is -2.67. The van der Waals surface area contributed by atoms with Gasteiger partial charge in [-0.3, -0.25) is 0 Å². The molecule has 0 aromatic carbocycles. The molecule has 3 unspecified atom stereocenters. The Morgan fingerprint density at radius 1 is 1.05 bits per heavy atom. The van der Waals surface area contributed by atoms with Crippen LogP contribution in [0.3, 0.4) is 0 Å². The zero-order valence-corrected chi connectivity index (χ0v) is 16.3. The van der Waals surface area contributed by atoms with Crippen molar-refractivity contribution < 1.29 is 22.6 Å². The first kappa shape index (κ1) is 20.2. The zero-order chi connectivity index (χ0) is 15.6. The van der Waals surface area contributed by atoms with Gasteiger partial charge in [-0.05, 0) is 44.6 Å². The Balaban J connectivity index is 0.00000242. The minimum Gasteiger partial charge on any atom is -0.377 e. The van der Waals surface area contributed by atoms with Crippen LogP contribution in [0.4, 0.5) is 13.2 Å². The highest BCUT2D eigenvalue weighted by Gasteiger charge is 2.55. The number of halogens is 3. The highest BCUT2D eigenvalue weighted by Crippen LogP contribution is 2.44. The highest BCUT2D eigenvalue weighted by molar-refractivity contribution is 6.62. The predicted octanol–water partition coefficient (Wildman–Crippen LogP) is 3.17.